The van der Waals surface area contributed by atoms with Crippen molar-refractivity contribution in [2.45, 2.75) is 0 Å². The molecular formula is C10H6N4O2. The molecule has 0 bridgehead atoms. The Balaban J connectivity index is 2.48. The van der Waals surface area contributed by atoms with E-state index in [2.05, 4.69) is 14.8 Å². The van der Waals surface area contributed by atoms with E-state index < -0.39 is 0 Å². The first kappa shape index (κ1) is 9.86. The van der Waals surface area contributed by atoms with E-state index in [1.165, 1.54) is 23.4 Å². The van der Waals surface area contributed by atoms with Gasteiger partial charge in [-0.05, 0) is 12.1 Å². The smallest absolute Gasteiger partial charge is 0.298 e. The molecule has 0 aliphatic heterocycles. The Labute approximate surface area is 90.7 Å². The zero-order chi connectivity index (χ0) is 11.4. The van der Waals surface area contributed by atoms with Crippen molar-refractivity contribution in [1.29, 1.82) is 5.26 Å². The van der Waals surface area contributed by atoms with E-state index in [0.29, 0.717) is 23.5 Å². The third kappa shape index (κ3) is 1.74. The van der Waals surface area contributed by atoms with Crippen LogP contribution in [-0.2, 0) is 4.79 Å². The minimum atomic E-state index is 0.311. The number of nitriles is 1. The van der Waals surface area contributed by atoms with E-state index in [4.69, 9.17) is 5.26 Å². The average Bonchev–Trinajstić information content (AvgIpc) is 2.83. The van der Waals surface area contributed by atoms with E-state index in [9.17, 15) is 4.79 Å². The summed E-state index contributed by atoms with van der Waals surface area (Å²) >= 11 is 0. The van der Waals surface area contributed by atoms with Gasteiger partial charge in [0.05, 0.1) is 11.3 Å². The molecule has 0 fully saturated rings. The molecule has 6 heteroatoms. The lowest BCUT2D eigenvalue weighted by Gasteiger charge is -2.04. The highest BCUT2D eigenvalue weighted by Gasteiger charge is 2.06. The molecule has 0 radical (unpaired) electrons. The summed E-state index contributed by atoms with van der Waals surface area (Å²) in [5, 5.41) is 12.9. The predicted molar refractivity (Wildman–Crippen MR) is 52.8 cm³/mol. The molecule has 0 aliphatic rings. The van der Waals surface area contributed by atoms with Crippen LogP contribution < -0.4 is 4.74 Å². The van der Waals surface area contributed by atoms with Crippen molar-refractivity contribution in [3.63, 3.8) is 0 Å². The van der Waals surface area contributed by atoms with Gasteiger partial charge in [0, 0.05) is 6.07 Å². The fourth-order valence-corrected chi connectivity index (χ4v) is 1.27. The molecule has 16 heavy (non-hydrogen) atoms. The molecule has 0 aliphatic carbocycles. The van der Waals surface area contributed by atoms with E-state index in [-0.39, 0.29) is 0 Å². The molecule has 78 valence electrons. The fourth-order valence-electron chi connectivity index (χ4n) is 1.27. The molecule has 0 spiro atoms. The number of hydrogen-bond donors (Lipinski definition) is 0. The van der Waals surface area contributed by atoms with E-state index in [1.807, 2.05) is 6.07 Å². The second-order valence-corrected chi connectivity index (χ2v) is 2.84. The monoisotopic (exact) mass is 214 g/mol. The van der Waals surface area contributed by atoms with Gasteiger partial charge in [-0.3, -0.25) is 4.79 Å². The van der Waals surface area contributed by atoms with Gasteiger partial charge in [0.1, 0.15) is 24.5 Å². The molecule has 0 saturated heterocycles. The molecule has 1 aromatic carbocycles. The summed E-state index contributed by atoms with van der Waals surface area (Å²) in [4.78, 5) is 13.9. The zero-order valence-corrected chi connectivity index (χ0v) is 8.07. The number of rotatable bonds is 3. The SMILES string of the molecule is N#Cc1cc(OC=O)ccc1-n1cncn1. The lowest BCUT2D eigenvalue weighted by molar-refractivity contribution is -0.120. The van der Waals surface area contributed by atoms with Crippen LogP contribution in [0.4, 0.5) is 0 Å². The van der Waals surface area contributed by atoms with Gasteiger partial charge >= 0.3 is 0 Å². The van der Waals surface area contributed by atoms with Crippen LogP contribution in [0.25, 0.3) is 5.69 Å². The second-order valence-electron chi connectivity index (χ2n) is 2.84. The maximum atomic E-state index is 10.2. The maximum Gasteiger partial charge on any atom is 0.298 e. The van der Waals surface area contributed by atoms with Gasteiger partial charge in [0.15, 0.2) is 0 Å². The lowest BCUT2D eigenvalue weighted by Crippen LogP contribution is -1.99. The number of ether oxygens (including phenoxy) is 1. The normalized spacial score (nSPS) is 9.44. The highest BCUT2D eigenvalue weighted by Crippen LogP contribution is 2.19. The molecule has 1 heterocycles. The second kappa shape index (κ2) is 4.23. The standard InChI is InChI=1S/C10H6N4O2/c11-4-8-3-9(16-7-15)1-2-10(8)14-6-12-5-13-14/h1-3,5-7H. The predicted octanol–water partition coefficient (Wildman–Crippen LogP) is 0.674. The maximum absolute atomic E-state index is 10.2. The Kier molecular flexibility index (Phi) is 2.61. The molecular weight excluding hydrogens is 208 g/mol. The summed E-state index contributed by atoms with van der Waals surface area (Å²) in [6, 6.07) is 6.67. The highest BCUT2D eigenvalue weighted by atomic mass is 16.5. The minimum Gasteiger partial charge on any atom is -0.429 e. The molecule has 6 nitrogen and oxygen atoms in total. The summed E-state index contributed by atoms with van der Waals surface area (Å²) in [6.45, 7) is 0.311. The molecule has 0 unspecified atom stereocenters. The van der Waals surface area contributed by atoms with Gasteiger partial charge in [-0.1, -0.05) is 0 Å². The third-order valence-corrected chi connectivity index (χ3v) is 1.94. The summed E-state index contributed by atoms with van der Waals surface area (Å²) in [6.07, 6.45) is 2.85. The van der Waals surface area contributed by atoms with Crippen molar-refractivity contribution in [3.8, 4) is 17.5 Å². The average molecular weight is 214 g/mol. The zero-order valence-electron chi connectivity index (χ0n) is 8.07. The molecule has 0 atom stereocenters. The van der Waals surface area contributed by atoms with Gasteiger partial charge in [-0.2, -0.15) is 10.4 Å². The summed E-state index contributed by atoms with van der Waals surface area (Å²) in [5.41, 5.74) is 0.933. The van der Waals surface area contributed by atoms with Crippen molar-refractivity contribution in [1.82, 2.24) is 14.8 Å². The Hall–Kier alpha value is -2.68. The van der Waals surface area contributed by atoms with Crippen molar-refractivity contribution >= 4 is 6.47 Å². The van der Waals surface area contributed by atoms with Crippen LogP contribution >= 0.6 is 0 Å². The number of aromatic nitrogens is 3. The van der Waals surface area contributed by atoms with Crippen molar-refractivity contribution in [3.05, 3.63) is 36.4 Å². The van der Waals surface area contributed by atoms with E-state index in [1.54, 1.807) is 12.1 Å². The largest absolute Gasteiger partial charge is 0.429 e. The summed E-state index contributed by atoms with van der Waals surface area (Å²) in [7, 11) is 0. The number of carbonyl (C=O) groups is 1. The van der Waals surface area contributed by atoms with Gasteiger partial charge in [-0.15, -0.1) is 0 Å². The van der Waals surface area contributed by atoms with Crippen molar-refractivity contribution < 1.29 is 9.53 Å². The van der Waals surface area contributed by atoms with Crippen molar-refractivity contribution in [2.75, 3.05) is 0 Å². The Bertz CT molecular complexity index is 542. The minimum absolute atomic E-state index is 0.311. The van der Waals surface area contributed by atoms with Crippen molar-refractivity contribution in [2.24, 2.45) is 0 Å². The quantitative estimate of drug-likeness (QED) is 0.701. The van der Waals surface area contributed by atoms with E-state index in [0.717, 1.165) is 0 Å². The number of benzene rings is 1. The van der Waals surface area contributed by atoms with Gasteiger partial charge < -0.3 is 4.74 Å². The Morgan fingerprint density at radius 1 is 1.50 bits per heavy atom. The van der Waals surface area contributed by atoms with Crippen LogP contribution in [0.15, 0.2) is 30.9 Å². The Morgan fingerprint density at radius 2 is 2.38 bits per heavy atom. The van der Waals surface area contributed by atoms with Crippen LogP contribution in [0.5, 0.6) is 5.75 Å². The first-order valence-corrected chi connectivity index (χ1v) is 4.34. The van der Waals surface area contributed by atoms with Gasteiger partial charge in [0.25, 0.3) is 6.47 Å². The topological polar surface area (TPSA) is 80.8 Å². The summed E-state index contributed by atoms with van der Waals surface area (Å²) in [5.74, 6) is 0.315. The number of nitrogens with zero attached hydrogens (tertiary/aromatic N) is 4. The molecule has 1 aromatic heterocycles. The fraction of sp³-hybridized carbons (Fsp3) is 0. The van der Waals surface area contributed by atoms with E-state index >= 15 is 0 Å². The molecule has 0 N–H and O–H groups in total. The third-order valence-electron chi connectivity index (χ3n) is 1.94. The first-order valence-electron chi connectivity index (χ1n) is 4.34. The first-order chi connectivity index (χ1) is 7.85. The molecule has 0 amide bonds. The molecule has 2 rings (SSSR count). The molecule has 2 aromatic rings. The van der Waals surface area contributed by atoms with Crippen LogP contribution in [0.1, 0.15) is 5.56 Å². The van der Waals surface area contributed by atoms with Crippen LogP contribution in [0.3, 0.4) is 0 Å². The molecule has 0 saturated carbocycles. The van der Waals surface area contributed by atoms with Crippen LogP contribution in [0.2, 0.25) is 0 Å². The summed E-state index contributed by atoms with van der Waals surface area (Å²) < 4.78 is 6.11. The van der Waals surface area contributed by atoms with Crippen LogP contribution in [0, 0.1) is 11.3 Å². The highest BCUT2D eigenvalue weighted by molar-refractivity contribution is 5.54. The van der Waals surface area contributed by atoms with Crippen LogP contribution in [-0.4, -0.2) is 21.2 Å². The number of hydrogen-bond acceptors (Lipinski definition) is 5. The van der Waals surface area contributed by atoms with Gasteiger partial charge in [-0.25, -0.2) is 9.67 Å². The number of carbonyl (C=O) groups excluding carboxylic acids is 1. The van der Waals surface area contributed by atoms with Gasteiger partial charge in [0.2, 0.25) is 0 Å². The lowest BCUT2D eigenvalue weighted by atomic mass is 10.2. The Morgan fingerprint density at radius 3 is 3.00 bits per heavy atom.